The lowest BCUT2D eigenvalue weighted by atomic mass is 10.0. The first-order valence-corrected chi connectivity index (χ1v) is 4.15. The number of aryl methyl sites for hydroxylation is 1. The van der Waals surface area contributed by atoms with Gasteiger partial charge in [-0.15, -0.1) is 0 Å². The molecule has 0 fully saturated rings. The highest BCUT2D eigenvalue weighted by Gasteiger charge is 2.35. The molecule has 0 unspecified atom stereocenters. The second kappa shape index (κ2) is 3.56. The Kier molecular flexibility index (Phi) is 2.75. The molecule has 0 aromatic heterocycles. The molecule has 1 rings (SSSR count). The lowest BCUT2D eigenvalue weighted by molar-refractivity contribution is -0.138. The van der Waals surface area contributed by atoms with Crippen LogP contribution in [-0.4, -0.2) is 10.9 Å². The number of Topliss-reactive ketones (excluding diaryl/α,β-unsaturated/α-hetero) is 1. The second-order valence-electron chi connectivity index (χ2n) is 3.24. The van der Waals surface area contributed by atoms with E-state index < -0.39 is 23.3 Å². The fraction of sp³-hybridized carbons (Fsp3) is 0.300. The Morgan fingerprint density at radius 1 is 1.33 bits per heavy atom. The second-order valence-corrected chi connectivity index (χ2v) is 3.24. The lowest BCUT2D eigenvalue weighted by Gasteiger charge is -2.12. The maximum absolute atomic E-state index is 12.4. The summed E-state index contributed by atoms with van der Waals surface area (Å²) in [4.78, 5) is 10.9. The van der Waals surface area contributed by atoms with E-state index in [-0.39, 0.29) is 11.1 Å². The summed E-state index contributed by atoms with van der Waals surface area (Å²) in [6.45, 7) is 2.49. The van der Waals surface area contributed by atoms with Gasteiger partial charge in [0.1, 0.15) is 5.75 Å². The highest BCUT2D eigenvalue weighted by atomic mass is 19.4. The predicted octanol–water partition coefficient (Wildman–Crippen LogP) is 2.92. The van der Waals surface area contributed by atoms with Gasteiger partial charge in [-0.2, -0.15) is 13.2 Å². The zero-order valence-corrected chi connectivity index (χ0v) is 8.14. The molecule has 1 aromatic carbocycles. The fourth-order valence-electron chi connectivity index (χ4n) is 1.20. The Morgan fingerprint density at radius 3 is 2.27 bits per heavy atom. The first kappa shape index (κ1) is 11.6. The van der Waals surface area contributed by atoms with Crippen LogP contribution in [0.3, 0.4) is 0 Å². The van der Waals surface area contributed by atoms with E-state index in [0.29, 0.717) is 6.07 Å². The van der Waals surface area contributed by atoms with Crippen LogP contribution in [0.25, 0.3) is 0 Å². The van der Waals surface area contributed by atoms with Crippen LogP contribution in [0.4, 0.5) is 13.2 Å². The van der Waals surface area contributed by atoms with Gasteiger partial charge in [0, 0.05) is 5.56 Å². The van der Waals surface area contributed by atoms with E-state index in [9.17, 15) is 23.1 Å². The van der Waals surface area contributed by atoms with Crippen molar-refractivity contribution in [1.29, 1.82) is 0 Å². The van der Waals surface area contributed by atoms with Gasteiger partial charge >= 0.3 is 6.18 Å². The number of alkyl halides is 3. The van der Waals surface area contributed by atoms with Crippen molar-refractivity contribution >= 4 is 5.78 Å². The van der Waals surface area contributed by atoms with Crippen LogP contribution in [0.1, 0.15) is 28.4 Å². The first-order valence-electron chi connectivity index (χ1n) is 4.15. The van der Waals surface area contributed by atoms with Gasteiger partial charge in [-0.05, 0) is 31.5 Å². The summed E-state index contributed by atoms with van der Waals surface area (Å²) in [7, 11) is 0. The number of phenolic OH excluding ortho intramolecular Hbond substituents is 1. The van der Waals surface area contributed by atoms with Crippen LogP contribution >= 0.6 is 0 Å². The molecule has 0 saturated heterocycles. The minimum absolute atomic E-state index is 0.0371. The maximum atomic E-state index is 12.4. The van der Waals surface area contributed by atoms with Crippen molar-refractivity contribution in [1.82, 2.24) is 0 Å². The Bertz CT molecular complexity index is 408. The molecule has 1 aromatic rings. The van der Waals surface area contributed by atoms with Crippen molar-refractivity contribution in [2.75, 3.05) is 0 Å². The van der Waals surface area contributed by atoms with Crippen molar-refractivity contribution in [3.8, 4) is 5.75 Å². The molecule has 0 aliphatic rings. The quantitative estimate of drug-likeness (QED) is 0.736. The smallest absolute Gasteiger partial charge is 0.419 e. The Balaban J connectivity index is 3.45. The van der Waals surface area contributed by atoms with Crippen molar-refractivity contribution in [3.05, 3.63) is 28.8 Å². The van der Waals surface area contributed by atoms with E-state index in [1.54, 1.807) is 0 Å². The van der Waals surface area contributed by atoms with Crippen molar-refractivity contribution in [3.63, 3.8) is 0 Å². The number of phenols is 1. The van der Waals surface area contributed by atoms with Gasteiger partial charge in [0.2, 0.25) is 0 Å². The number of ketones is 1. The molecule has 0 aliphatic carbocycles. The van der Waals surface area contributed by atoms with Crippen molar-refractivity contribution in [2.45, 2.75) is 20.0 Å². The molecule has 0 bridgehead atoms. The van der Waals surface area contributed by atoms with Gasteiger partial charge < -0.3 is 5.11 Å². The molecular formula is C10H9F3O2. The molecule has 0 aliphatic heterocycles. The molecule has 0 saturated carbocycles. The number of halogens is 3. The molecular weight excluding hydrogens is 209 g/mol. The maximum Gasteiger partial charge on any atom is 0.419 e. The van der Waals surface area contributed by atoms with Crippen molar-refractivity contribution in [2.24, 2.45) is 0 Å². The number of hydrogen-bond donors (Lipinski definition) is 1. The minimum Gasteiger partial charge on any atom is -0.507 e. The van der Waals surface area contributed by atoms with E-state index in [1.807, 2.05) is 0 Å². The third-order valence-corrected chi connectivity index (χ3v) is 2.01. The lowest BCUT2D eigenvalue weighted by Crippen LogP contribution is -2.08. The molecule has 0 amide bonds. The summed E-state index contributed by atoms with van der Waals surface area (Å²) in [6.07, 6.45) is -4.65. The summed E-state index contributed by atoms with van der Waals surface area (Å²) in [5, 5.41) is 9.21. The Labute approximate surface area is 84.3 Å². The molecule has 82 valence electrons. The van der Waals surface area contributed by atoms with Gasteiger partial charge in [-0.25, -0.2) is 0 Å². The summed E-state index contributed by atoms with van der Waals surface area (Å²) >= 11 is 0. The fourth-order valence-corrected chi connectivity index (χ4v) is 1.20. The summed E-state index contributed by atoms with van der Waals surface area (Å²) < 4.78 is 37.2. The van der Waals surface area contributed by atoms with Gasteiger partial charge in [0.15, 0.2) is 5.78 Å². The molecule has 0 radical (unpaired) electrons. The Morgan fingerprint density at radius 2 is 1.87 bits per heavy atom. The van der Waals surface area contributed by atoms with Gasteiger partial charge in [-0.1, -0.05) is 0 Å². The minimum atomic E-state index is -4.65. The van der Waals surface area contributed by atoms with Crippen LogP contribution in [0.5, 0.6) is 5.75 Å². The van der Waals surface area contributed by atoms with Gasteiger partial charge in [0.05, 0.1) is 5.56 Å². The average Bonchev–Trinajstić information content (AvgIpc) is 2.06. The third-order valence-electron chi connectivity index (χ3n) is 2.01. The number of benzene rings is 1. The predicted molar refractivity (Wildman–Crippen MR) is 47.9 cm³/mol. The summed E-state index contributed by atoms with van der Waals surface area (Å²) in [5.74, 6) is -1.30. The van der Waals surface area contributed by atoms with E-state index in [1.165, 1.54) is 19.9 Å². The molecule has 1 N–H and O–H groups in total. The van der Waals surface area contributed by atoms with Crippen molar-refractivity contribution < 1.29 is 23.1 Å². The average molecular weight is 218 g/mol. The van der Waals surface area contributed by atoms with Crippen LogP contribution in [0.15, 0.2) is 12.1 Å². The van der Waals surface area contributed by atoms with E-state index >= 15 is 0 Å². The number of carbonyl (C=O) groups is 1. The normalized spacial score (nSPS) is 11.5. The van der Waals surface area contributed by atoms with Crippen LogP contribution in [0.2, 0.25) is 0 Å². The van der Waals surface area contributed by atoms with E-state index in [0.717, 1.165) is 0 Å². The zero-order chi connectivity index (χ0) is 11.8. The molecule has 15 heavy (non-hydrogen) atoms. The van der Waals surface area contributed by atoms with Crippen LogP contribution in [-0.2, 0) is 6.18 Å². The molecule has 0 atom stereocenters. The number of carbonyl (C=O) groups excluding carboxylic acids is 1. The van der Waals surface area contributed by atoms with Crippen LogP contribution in [0, 0.1) is 6.92 Å². The third kappa shape index (κ3) is 2.29. The van der Waals surface area contributed by atoms with Crippen LogP contribution < -0.4 is 0 Å². The highest BCUT2D eigenvalue weighted by molar-refractivity contribution is 5.94. The zero-order valence-electron chi connectivity index (χ0n) is 8.14. The topological polar surface area (TPSA) is 37.3 Å². The monoisotopic (exact) mass is 218 g/mol. The van der Waals surface area contributed by atoms with Gasteiger partial charge in [0.25, 0.3) is 0 Å². The highest BCUT2D eigenvalue weighted by Crippen LogP contribution is 2.38. The van der Waals surface area contributed by atoms with E-state index in [2.05, 4.69) is 0 Å². The number of hydrogen-bond acceptors (Lipinski definition) is 2. The summed E-state index contributed by atoms with van der Waals surface area (Å²) in [5.41, 5.74) is -1.19. The molecule has 5 heteroatoms. The van der Waals surface area contributed by atoms with Gasteiger partial charge in [-0.3, -0.25) is 4.79 Å². The van der Waals surface area contributed by atoms with E-state index in [4.69, 9.17) is 0 Å². The molecule has 0 spiro atoms. The standard InChI is InChI=1S/C10H9F3O2/c1-5-3-7(6(2)14)4-8(9(5)15)10(11,12)13/h3-4,15H,1-2H3. The summed E-state index contributed by atoms with van der Waals surface area (Å²) in [6, 6.07) is 1.89. The SMILES string of the molecule is CC(=O)c1cc(C)c(O)c(C(F)(F)F)c1. The largest absolute Gasteiger partial charge is 0.507 e. The first-order chi connectivity index (χ1) is 6.73. The Hall–Kier alpha value is -1.52. The molecule has 0 heterocycles. The number of rotatable bonds is 1. The molecule has 2 nitrogen and oxygen atoms in total. The number of aromatic hydroxyl groups is 1.